The second-order valence-corrected chi connectivity index (χ2v) is 8.26. The number of carbonyl (C=O) groups is 1. The fraction of sp³-hybridized carbons (Fsp3) is 0.348. The number of aromatic nitrogens is 3. The molecule has 7 heteroatoms. The SMILES string of the molecule is CC(C)Oc1ccc(C(=O)N2CCc3c(nn(C)c3-c3cccc(Cl)c3)[C@@H]2C)cn1. The van der Waals surface area contributed by atoms with E-state index in [1.165, 1.54) is 5.56 Å². The Bertz CT molecular complexity index is 1080. The summed E-state index contributed by atoms with van der Waals surface area (Å²) in [5.74, 6) is 0.470. The number of fused-ring (bicyclic) bond motifs is 1. The number of hydrogen-bond donors (Lipinski definition) is 0. The molecule has 0 saturated carbocycles. The molecule has 1 aromatic carbocycles. The molecule has 0 fully saturated rings. The van der Waals surface area contributed by atoms with Crippen LogP contribution in [-0.2, 0) is 13.5 Å². The van der Waals surface area contributed by atoms with Crippen LogP contribution in [0.2, 0.25) is 5.02 Å². The van der Waals surface area contributed by atoms with Crippen LogP contribution in [0.15, 0.2) is 42.6 Å². The van der Waals surface area contributed by atoms with E-state index in [4.69, 9.17) is 21.4 Å². The molecule has 0 N–H and O–H groups in total. The maximum atomic E-state index is 13.2. The van der Waals surface area contributed by atoms with Crippen LogP contribution in [0, 0.1) is 0 Å². The zero-order valence-corrected chi connectivity index (χ0v) is 18.3. The van der Waals surface area contributed by atoms with Crippen molar-refractivity contribution in [2.24, 2.45) is 7.05 Å². The molecule has 1 atom stereocenters. The van der Waals surface area contributed by atoms with Gasteiger partial charge in [-0.3, -0.25) is 9.48 Å². The van der Waals surface area contributed by atoms with E-state index in [1.54, 1.807) is 18.3 Å². The molecule has 0 bridgehead atoms. The van der Waals surface area contributed by atoms with Crippen molar-refractivity contribution in [3.8, 4) is 17.1 Å². The van der Waals surface area contributed by atoms with Gasteiger partial charge in [0.05, 0.1) is 29.1 Å². The smallest absolute Gasteiger partial charge is 0.255 e. The molecule has 1 aliphatic rings. The minimum absolute atomic E-state index is 0.0393. The van der Waals surface area contributed by atoms with E-state index in [9.17, 15) is 4.79 Å². The van der Waals surface area contributed by atoms with Crippen molar-refractivity contribution in [1.82, 2.24) is 19.7 Å². The second-order valence-electron chi connectivity index (χ2n) is 7.82. The fourth-order valence-electron chi connectivity index (χ4n) is 4.00. The first-order chi connectivity index (χ1) is 14.3. The van der Waals surface area contributed by atoms with Crippen LogP contribution in [0.5, 0.6) is 5.88 Å². The number of halogens is 1. The van der Waals surface area contributed by atoms with E-state index >= 15 is 0 Å². The summed E-state index contributed by atoms with van der Waals surface area (Å²) in [6, 6.07) is 11.2. The first kappa shape index (κ1) is 20.4. The van der Waals surface area contributed by atoms with Crippen LogP contribution >= 0.6 is 11.6 Å². The number of rotatable bonds is 4. The van der Waals surface area contributed by atoms with Crippen molar-refractivity contribution in [3.63, 3.8) is 0 Å². The molecule has 30 heavy (non-hydrogen) atoms. The molecule has 6 nitrogen and oxygen atoms in total. The average Bonchev–Trinajstić information content (AvgIpc) is 3.05. The number of aryl methyl sites for hydroxylation is 1. The van der Waals surface area contributed by atoms with Crippen molar-refractivity contribution in [1.29, 1.82) is 0 Å². The van der Waals surface area contributed by atoms with Crippen LogP contribution in [-0.4, -0.2) is 38.2 Å². The molecular weight excluding hydrogens is 400 g/mol. The molecule has 2 aromatic heterocycles. The Morgan fingerprint density at radius 1 is 1.27 bits per heavy atom. The standard InChI is InChI=1S/C23H25ClN4O2/c1-14(2)30-20-9-8-17(13-25-20)23(29)28-11-10-19-21(15(28)3)26-27(4)22(19)16-6-5-7-18(24)12-16/h5-9,12-15H,10-11H2,1-4H3/t15-/m0/s1. The van der Waals surface area contributed by atoms with Gasteiger partial charge in [-0.1, -0.05) is 23.7 Å². The highest BCUT2D eigenvalue weighted by Gasteiger charge is 2.33. The summed E-state index contributed by atoms with van der Waals surface area (Å²) in [7, 11) is 1.94. The Kier molecular flexibility index (Phi) is 5.52. The summed E-state index contributed by atoms with van der Waals surface area (Å²) in [6.07, 6.45) is 2.36. The lowest BCUT2D eigenvalue weighted by atomic mass is 9.95. The van der Waals surface area contributed by atoms with Crippen molar-refractivity contribution in [2.75, 3.05) is 6.54 Å². The van der Waals surface area contributed by atoms with Gasteiger partial charge in [-0.05, 0) is 45.4 Å². The van der Waals surface area contributed by atoms with Crippen LogP contribution < -0.4 is 4.74 Å². The molecule has 1 aliphatic heterocycles. The molecule has 3 heterocycles. The van der Waals surface area contributed by atoms with Gasteiger partial charge in [-0.15, -0.1) is 0 Å². The van der Waals surface area contributed by atoms with Gasteiger partial charge in [0.15, 0.2) is 0 Å². The van der Waals surface area contributed by atoms with Crippen molar-refractivity contribution < 1.29 is 9.53 Å². The van der Waals surface area contributed by atoms with Crippen LogP contribution in [0.4, 0.5) is 0 Å². The van der Waals surface area contributed by atoms with E-state index in [0.29, 0.717) is 23.0 Å². The maximum absolute atomic E-state index is 13.2. The lowest BCUT2D eigenvalue weighted by molar-refractivity contribution is 0.0673. The zero-order chi connectivity index (χ0) is 21.4. The zero-order valence-electron chi connectivity index (χ0n) is 17.6. The van der Waals surface area contributed by atoms with Gasteiger partial charge in [0, 0.05) is 42.0 Å². The van der Waals surface area contributed by atoms with E-state index < -0.39 is 0 Å². The van der Waals surface area contributed by atoms with Crippen LogP contribution in [0.3, 0.4) is 0 Å². The second kappa shape index (κ2) is 8.11. The molecule has 4 rings (SSSR count). The highest BCUT2D eigenvalue weighted by molar-refractivity contribution is 6.30. The van der Waals surface area contributed by atoms with Gasteiger partial charge in [0.2, 0.25) is 5.88 Å². The number of pyridine rings is 1. The third kappa shape index (κ3) is 3.79. The molecule has 0 saturated heterocycles. The monoisotopic (exact) mass is 424 g/mol. The number of nitrogens with zero attached hydrogens (tertiary/aromatic N) is 4. The van der Waals surface area contributed by atoms with E-state index in [2.05, 4.69) is 4.98 Å². The van der Waals surface area contributed by atoms with Gasteiger partial charge in [-0.25, -0.2) is 4.98 Å². The number of carbonyl (C=O) groups excluding carboxylic acids is 1. The molecule has 0 spiro atoms. The summed E-state index contributed by atoms with van der Waals surface area (Å²) < 4.78 is 7.46. The summed E-state index contributed by atoms with van der Waals surface area (Å²) in [6.45, 7) is 6.53. The maximum Gasteiger partial charge on any atom is 0.255 e. The number of benzene rings is 1. The Morgan fingerprint density at radius 3 is 2.73 bits per heavy atom. The summed E-state index contributed by atoms with van der Waals surface area (Å²) in [5.41, 5.74) is 4.75. The summed E-state index contributed by atoms with van der Waals surface area (Å²) in [5, 5.41) is 5.45. The predicted molar refractivity (Wildman–Crippen MR) is 117 cm³/mol. The van der Waals surface area contributed by atoms with Gasteiger partial charge in [0.25, 0.3) is 5.91 Å². The molecule has 3 aromatic rings. The first-order valence-electron chi connectivity index (χ1n) is 10.1. The third-order valence-electron chi connectivity index (χ3n) is 5.34. The largest absolute Gasteiger partial charge is 0.475 e. The predicted octanol–water partition coefficient (Wildman–Crippen LogP) is 4.68. The van der Waals surface area contributed by atoms with E-state index in [1.807, 2.05) is 61.7 Å². The molecule has 156 valence electrons. The van der Waals surface area contributed by atoms with Gasteiger partial charge >= 0.3 is 0 Å². The van der Waals surface area contributed by atoms with Crippen molar-refractivity contribution in [3.05, 3.63) is 64.4 Å². The number of amides is 1. The van der Waals surface area contributed by atoms with Crippen molar-refractivity contribution in [2.45, 2.75) is 39.3 Å². The lowest BCUT2D eigenvalue weighted by Gasteiger charge is -2.33. The minimum atomic E-state index is -0.132. The average molecular weight is 425 g/mol. The van der Waals surface area contributed by atoms with E-state index in [-0.39, 0.29) is 18.1 Å². The Labute approximate surface area is 181 Å². The Morgan fingerprint density at radius 2 is 2.07 bits per heavy atom. The highest BCUT2D eigenvalue weighted by atomic mass is 35.5. The van der Waals surface area contributed by atoms with Crippen LogP contribution in [0.25, 0.3) is 11.3 Å². The van der Waals surface area contributed by atoms with Crippen LogP contribution in [0.1, 0.15) is 48.4 Å². The lowest BCUT2D eigenvalue weighted by Crippen LogP contribution is -2.39. The molecule has 0 unspecified atom stereocenters. The van der Waals surface area contributed by atoms with Gasteiger partial charge in [-0.2, -0.15) is 5.10 Å². The van der Waals surface area contributed by atoms with Crippen molar-refractivity contribution >= 4 is 17.5 Å². The molecule has 0 radical (unpaired) electrons. The Balaban J connectivity index is 1.60. The fourth-order valence-corrected chi connectivity index (χ4v) is 4.19. The quantitative estimate of drug-likeness (QED) is 0.610. The minimum Gasteiger partial charge on any atom is -0.475 e. The number of ether oxygens (including phenoxy) is 1. The van der Waals surface area contributed by atoms with Gasteiger partial charge < -0.3 is 9.64 Å². The van der Waals surface area contributed by atoms with E-state index in [0.717, 1.165) is 23.4 Å². The number of hydrogen-bond acceptors (Lipinski definition) is 4. The molecule has 1 amide bonds. The third-order valence-corrected chi connectivity index (χ3v) is 5.58. The Hall–Kier alpha value is -2.86. The summed E-state index contributed by atoms with van der Waals surface area (Å²) in [4.78, 5) is 19.3. The molecular formula is C23H25ClN4O2. The normalized spacial score (nSPS) is 15.9. The highest BCUT2D eigenvalue weighted by Crippen LogP contribution is 2.36. The first-order valence-corrected chi connectivity index (χ1v) is 10.5. The topological polar surface area (TPSA) is 60.2 Å². The molecule has 0 aliphatic carbocycles. The van der Waals surface area contributed by atoms with Gasteiger partial charge in [0.1, 0.15) is 0 Å². The summed E-state index contributed by atoms with van der Waals surface area (Å²) >= 11 is 6.20.